The van der Waals surface area contributed by atoms with E-state index in [1.54, 1.807) is 12.1 Å². The number of ether oxygens (including phenoxy) is 1. The number of hydrogen-bond donors (Lipinski definition) is 1. The monoisotopic (exact) mass is 293 g/mol. The molecule has 0 aromatic heterocycles. The molecule has 2 rings (SSSR count). The summed E-state index contributed by atoms with van der Waals surface area (Å²) in [5.41, 5.74) is 1.77. The Bertz CT molecular complexity index is 588. The Labute approximate surface area is 123 Å². The first-order valence-electron chi connectivity index (χ1n) is 6.44. The average molecular weight is 294 g/mol. The maximum absolute atomic E-state index is 13.3. The molecule has 2 nitrogen and oxygen atoms in total. The quantitative estimate of drug-likeness (QED) is 0.885. The van der Waals surface area contributed by atoms with Gasteiger partial charge in [0.2, 0.25) is 0 Å². The van der Waals surface area contributed by atoms with Gasteiger partial charge in [-0.15, -0.1) is 0 Å². The fraction of sp³-hybridized carbons (Fsp3) is 0.250. The lowest BCUT2D eigenvalue weighted by Crippen LogP contribution is -2.12. The molecule has 4 heteroatoms. The molecule has 0 fully saturated rings. The summed E-state index contributed by atoms with van der Waals surface area (Å²) in [7, 11) is 1.91. The van der Waals surface area contributed by atoms with Crippen molar-refractivity contribution < 1.29 is 9.13 Å². The van der Waals surface area contributed by atoms with Gasteiger partial charge >= 0.3 is 0 Å². The van der Waals surface area contributed by atoms with Crippen LogP contribution in [0.2, 0.25) is 5.02 Å². The van der Waals surface area contributed by atoms with E-state index in [4.69, 9.17) is 16.3 Å². The first-order chi connectivity index (χ1) is 9.61. The summed E-state index contributed by atoms with van der Waals surface area (Å²) in [5, 5.41) is 3.29. The Balaban J connectivity index is 2.09. The highest BCUT2D eigenvalue weighted by atomic mass is 35.5. The highest BCUT2D eigenvalue weighted by Gasteiger charge is 2.07. The van der Waals surface area contributed by atoms with Crippen molar-refractivity contribution >= 4 is 11.6 Å². The minimum Gasteiger partial charge on any atom is -0.489 e. The molecule has 2 aromatic carbocycles. The van der Waals surface area contributed by atoms with E-state index in [0.717, 1.165) is 11.3 Å². The Hall–Kier alpha value is -1.58. The van der Waals surface area contributed by atoms with Crippen LogP contribution in [0, 0.1) is 5.82 Å². The van der Waals surface area contributed by atoms with Crippen LogP contribution in [0.1, 0.15) is 24.1 Å². The van der Waals surface area contributed by atoms with Crippen LogP contribution in [-0.4, -0.2) is 7.05 Å². The second-order valence-corrected chi connectivity index (χ2v) is 4.96. The molecule has 1 unspecified atom stereocenters. The van der Waals surface area contributed by atoms with Crippen LogP contribution in [0.5, 0.6) is 5.75 Å². The molecule has 0 aliphatic heterocycles. The van der Waals surface area contributed by atoms with Crippen molar-refractivity contribution in [2.75, 3.05) is 7.05 Å². The van der Waals surface area contributed by atoms with E-state index in [9.17, 15) is 4.39 Å². The minimum atomic E-state index is -0.426. The van der Waals surface area contributed by atoms with Gasteiger partial charge in [0, 0.05) is 11.6 Å². The van der Waals surface area contributed by atoms with Crippen molar-refractivity contribution in [1.29, 1.82) is 0 Å². The summed E-state index contributed by atoms with van der Waals surface area (Å²) in [6.07, 6.45) is 0. The Morgan fingerprint density at radius 3 is 2.75 bits per heavy atom. The van der Waals surface area contributed by atoms with E-state index in [1.807, 2.05) is 31.3 Å². The zero-order chi connectivity index (χ0) is 14.5. The molecule has 1 atom stereocenters. The fourth-order valence-corrected chi connectivity index (χ4v) is 2.04. The van der Waals surface area contributed by atoms with Gasteiger partial charge in [0.25, 0.3) is 0 Å². The average Bonchev–Trinajstić information content (AvgIpc) is 2.48. The van der Waals surface area contributed by atoms with Crippen molar-refractivity contribution in [3.05, 3.63) is 64.4 Å². The lowest BCUT2D eigenvalue weighted by Gasteiger charge is -2.13. The summed E-state index contributed by atoms with van der Waals surface area (Å²) in [6, 6.07) is 12.8. The van der Waals surface area contributed by atoms with Gasteiger partial charge in [-0.1, -0.05) is 35.9 Å². The SMILES string of the molecule is CNC(C)c1cccc(OCc2cccc(F)c2Cl)c1. The lowest BCUT2D eigenvalue weighted by atomic mass is 10.1. The Kier molecular flexibility index (Phi) is 4.99. The second-order valence-electron chi connectivity index (χ2n) is 4.58. The summed E-state index contributed by atoms with van der Waals surface area (Å²) < 4.78 is 19.0. The summed E-state index contributed by atoms with van der Waals surface area (Å²) >= 11 is 5.90. The van der Waals surface area contributed by atoms with Gasteiger partial charge in [0.05, 0.1) is 5.02 Å². The van der Waals surface area contributed by atoms with Gasteiger partial charge < -0.3 is 10.1 Å². The van der Waals surface area contributed by atoms with E-state index in [2.05, 4.69) is 12.2 Å². The highest BCUT2D eigenvalue weighted by molar-refractivity contribution is 6.31. The second kappa shape index (κ2) is 6.73. The van der Waals surface area contributed by atoms with Crippen LogP contribution in [-0.2, 0) is 6.61 Å². The third kappa shape index (κ3) is 3.50. The maximum atomic E-state index is 13.3. The fourth-order valence-electron chi connectivity index (χ4n) is 1.86. The molecule has 0 saturated heterocycles. The smallest absolute Gasteiger partial charge is 0.142 e. The normalized spacial score (nSPS) is 12.2. The van der Waals surface area contributed by atoms with E-state index in [1.165, 1.54) is 6.07 Å². The molecule has 106 valence electrons. The Morgan fingerprint density at radius 1 is 1.25 bits per heavy atom. The third-order valence-corrected chi connectivity index (χ3v) is 3.64. The van der Waals surface area contributed by atoms with Gasteiger partial charge in [-0.3, -0.25) is 0 Å². The predicted molar refractivity (Wildman–Crippen MR) is 79.7 cm³/mol. The maximum Gasteiger partial charge on any atom is 0.142 e. The van der Waals surface area contributed by atoms with Crippen molar-refractivity contribution in [3.8, 4) is 5.75 Å². The molecule has 0 spiro atoms. The molecular weight excluding hydrogens is 277 g/mol. The number of hydrogen-bond acceptors (Lipinski definition) is 2. The van der Waals surface area contributed by atoms with E-state index in [0.29, 0.717) is 5.56 Å². The first-order valence-corrected chi connectivity index (χ1v) is 6.82. The van der Waals surface area contributed by atoms with Crippen LogP contribution >= 0.6 is 11.6 Å². The van der Waals surface area contributed by atoms with Crippen molar-refractivity contribution in [3.63, 3.8) is 0 Å². The van der Waals surface area contributed by atoms with Gasteiger partial charge in [-0.05, 0) is 37.7 Å². The van der Waals surface area contributed by atoms with E-state index in [-0.39, 0.29) is 17.7 Å². The molecule has 0 bridgehead atoms. The zero-order valence-corrected chi connectivity index (χ0v) is 12.2. The van der Waals surface area contributed by atoms with Gasteiger partial charge in [0.15, 0.2) is 0 Å². The number of benzene rings is 2. The van der Waals surface area contributed by atoms with E-state index >= 15 is 0 Å². The van der Waals surface area contributed by atoms with Crippen LogP contribution in [0.15, 0.2) is 42.5 Å². The first kappa shape index (κ1) is 14.8. The molecule has 2 aromatic rings. The molecule has 1 N–H and O–H groups in total. The summed E-state index contributed by atoms with van der Waals surface area (Å²) in [6.45, 7) is 2.32. The van der Waals surface area contributed by atoms with Crippen molar-refractivity contribution in [2.45, 2.75) is 19.6 Å². The molecule has 0 aliphatic rings. The number of rotatable bonds is 5. The molecule has 0 radical (unpaired) electrons. The molecule has 0 aliphatic carbocycles. The van der Waals surface area contributed by atoms with E-state index < -0.39 is 5.82 Å². The van der Waals surface area contributed by atoms with Gasteiger partial charge in [0.1, 0.15) is 18.2 Å². The molecule has 0 amide bonds. The Morgan fingerprint density at radius 2 is 2.00 bits per heavy atom. The lowest BCUT2D eigenvalue weighted by molar-refractivity contribution is 0.305. The number of nitrogens with one attached hydrogen (secondary N) is 1. The molecule has 0 saturated carbocycles. The van der Waals surface area contributed by atoms with Crippen molar-refractivity contribution in [1.82, 2.24) is 5.32 Å². The number of halogens is 2. The van der Waals surface area contributed by atoms with Crippen LogP contribution in [0.3, 0.4) is 0 Å². The van der Waals surface area contributed by atoms with Crippen LogP contribution in [0.25, 0.3) is 0 Å². The minimum absolute atomic E-state index is 0.118. The molecule has 20 heavy (non-hydrogen) atoms. The van der Waals surface area contributed by atoms with Gasteiger partial charge in [-0.2, -0.15) is 0 Å². The summed E-state index contributed by atoms with van der Waals surface area (Å²) in [4.78, 5) is 0. The molecule has 0 heterocycles. The predicted octanol–water partition coefficient (Wildman–Crippen LogP) is 4.34. The summed E-state index contributed by atoms with van der Waals surface area (Å²) in [5.74, 6) is 0.315. The standard InChI is InChI=1S/C16H17ClFNO/c1-11(19-2)12-5-3-7-14(9-12)20-10-13-6-4-8-15(18)16(13)17/h3-9,11,19H,10H2,1-2H3. The topological polar surface area (TPSA) is 21.3 Å². The largest absolute Gasteiger partial charge is 0.489 e. The zero-order valence-electron chi connectivity index (χ0n) is 11.5. The van der Waals surface area contributed by atoms with Crippen molar-refractivity contribution in [2.24, 2.45) is 0 Å². The van der Waals surface area contributed by atoms with Gasteiger partial charge in [-0.25, -0.2) is 4.39 Å². The molecular formula is C16H17ClFNO. The van der Waals surface area contributed by atoms with Crippen LogP contribution in [0.4, 0.5) is 4.39 Å². The highest BCUT2D eigenvalue weighted by Crippen LogP contribution is 2.23. The third-order valence-electron chi connectivity index (χ3n) is 3.22. The van der Waals surface area contributed by atoms with Crippen LogP contribution < -0.4 is 10.1 Å².